The summed E-state index contributed by atoms with van der Waals surface area (Å²) >= 11 is 0. The average Bonchev–Trinajstić information content (AvgIpc) is 2.67. The normalized spacial score (nSPS) is 11.7. The first-order chi connectivity index (χ1) is 12.8. The quantitative estimate of drug-likeness (QED) is 0.564. The molecule has 2 rings (SSSR count). The molecule has 0 fully saturated rings. The van der Waals surface area contributed by atoms with E-state index >= 15 is 0 Å². The van der Waals surface area contributed by atoms with E-state index in [4.69, 9.17) is 9.47 Å². The number of anilines is 1. The Morgan fingerprint density at radius 1 is 1.22 bits per heavy atom. The maximum Gasteiger partial charge on any atom is 0.269 e. The number of hydrogen-bond donors (Lipinski definition) is 1. The number of nitrogens with zero attached hydrogens (tertiary/aromatic N) is 2. The van der Waals surface area contributed by atoms with Crippen LogP contribution in [0.1, 0.15) is 18.5 Å². The lowest BCUT2D eigenvalue weighted by Crippen LogP contribution is -2.32. The standard InChI is InChI=1S/C19H23N3O5/c1-13(14-6-5-7-15(10-14)22(24)25)21(2)12-19(23)20-17-11-16(26-3)8-9-18(17)27-4/h5-11,13H,12H2,1-4H3,(H,20,23)/t13-/m0/s1. The summed E-state index contributed by atoms with van der Waals surface area (Å²) in [4.78, 5) is 24.8. The number of ether oxygens (including phenoxy) is 2. The van der Waals surface area contributed by atoms with Gasteiger partial charge in [-0.05, 0) is 31.7 Å². The zero-order valence-electron chi connectivity index (χ0n) is 15.8. The molecule has 0 spiro atoms. The maximum atomic E-state index is 12.4. The molecule has 0 aliphatic rings. The number of non-ortho nitro benzene ring substituents is 1. The number of nitro benzene ring substituents is 1. The molecule has 1 atom stereocenters. The second-order valence-corrected chi connectivity index (χ2v) is 6.06. The summed E-state index contributed by atoms with van der Waals surface area (Å²) in [5, 5.41) is 13.8. The van der Waals surface area contributed by atoms with Crippen LogP contribution in [-0.2, 0) is 4.79 Å². The van der Waals surface area contributed by atoms with Gasteiger partial charge in [0.2, 0.25) is 5.91 Å². The van der Waals surface area contributed by atoms with Crippen molar-refractivity contribution in [1.29, 1.82) is 0 Å². The third-order valence-corrected chi connectivity index (χ3v) is 4.30. The molecular weight excluding hydrogens is 350 g/mol. The van der Waals surface area contributed by atoms with E-state index in [-0.39, 0.29) is 24.2 Å². The molecule has 0 heterocycles. The smallest absolute Gasteiger partial charge is 0.269 e. The molecule has 0 aromatic heterocycles. The number of benzene rings is 2. The minimum atomic E-state index is -0.433. The van der Waals surface area contributed by atoms with E-state index in [0.717, 1.165) is 5.56 Å². The Hall–Kier alpha value is -3.13. The number of amides is 1. The van der Waals surface area contributed by atoms with E-state index < -0.39 is 4.92 Å². The number of nitro groups is 1. The summed E-state index contributed by atoms with van der Waals surface area (Å²) in [6.45, 7) is 1.99. The van der Waals surface area contributed by atoms with Crippen LogP contribution in [0.25, 0.3) is 0 Å². The Morgan fingerprint density at radius 2 is 1.96 bits per heavy atom. The summed E-state index contributed by atoms with van der Waals surface area (Å²) in [6.07, 6.45) is 0. The van der Waals surface area contributed by atoms with Gasteiger partial charge in [-0.15, -0.1) is 0 Å². The fourth-order valence-electron chi connectivity index (χ4n) is 2.62. The molecule has 8 nitrogen and oxygen atoms in total. The van der Waals surface area contributed by atoms with Crippen molar-refractivity contribution < 1.29 is 19.2 Å². The molecule has 27 heavy (non-hydrogen) atoms. The Kier molecular flexibility index (Phi) is 6.73. The van der Waals surface area contributed by atoms with Gasteiger partial charge in [0.05, 0.1) is 31.4 Å². The number of carbonyl (C=O) groups is 1. The predicted octanol–water partition coefficient (Wildman–Crippen LogP) is 3.24. The van der Waals surface area contributed by atoms with Crippen molar-refractivity contribution in [2.75, 3.05) is 33.1 Å². The highest BCUT2D eigenvalue weighted by Gasteiger charge is 2.18. The van der Waals surface area contributed by atoms with Crippen LogP contribution in [0.5, 0.6) is 11.5 Å². The van der Waals surface area contributed by atoms with Gasteiger partial charge < -0.3 is 14.8 Å². The molecule has 0 aliphatic carbocycles. The number of methoxy groups -OCH3 is 2. The predicted molar refractivity (Wildman–Crippen MR) is 102 cm³/mol. The second-order valence-electron chi connectivity index (χ2n) is 6.06. The summed E-state index contributed by atoms with van der Waals surface area (Å²) in [5.74, 6) is 0.893. The van der Waals surface area contributed by atoms with Crippen molar-refractivity contribution in [1.82, 2.24) is 4.90 Å². The molecule has 0 aliphatic heterocycles. The first kappa shape index (κ1) is 20.2. The Morgan fingerprint density at radius 3 is 2.59 bits per heavy atom. The van der Waals surface area contributed by atoms with E-state index in [1.54, 1.807) is 49.4 Å². The Labute approximate surface area is 157 Å². The minimum Gasteiger partial charge on any atom is -0.497 e. The van der Waals surface area contributed by atoms with E-state index in [1.165, 1.54) is 19.2 Å². The number of rotatable bonds is 8. The fraction of sp³-hybridized carbons (Fsp3) is 0.316. The first-order valence-corrected chi connectivity index (χ1v) is 8.32. The van der Waals surface area contributed by atoms with E-state index in [2.05, 4.69) is 5.32 Å². The van der Waals surface area contributed by atoms with Gasteiger partial charge >= 0.3 is 0 Å². The van der Waals surface area contributed by atoms with Gasteiger partial charge in [0.15, 0.2) is 0 Å². The highest BCUT2D eigenvalue weighted by molar-refractivity contribution is 5.94. The zero-order chi connectivity index (χ0) is 20.0. The zero-order valence-corrected chi connectivity index (χ0v) is 15.8. The number of carbonyl (C=O) groups excluding carboxylic acids is 1. The second kappa shape index (κ2) is 9.00. The number of likely N-dealkylation sites (N-methyl/N-ethyl adjacent to an activating group) is 1. The molecule has 2 aromatic rings. The Balaban J connectivity index is 2.07. The van der Waals surface area contributed by atoms with Crippen LogP contribution >= 0.6 is 0 Å². The van der Waals surface area contributed by atoms with Crippen LogP contribution in [0.3, 0.4) is 0 Å². The highest BCUT2D eigenvalue weighted by Crippen LogP contribution is 2.29. The largest absolute Gasteiger partial charge is 0.497 e. The summed E-state index contributed by atoms with van der Waals surface area (Å²) < 4.78 is 10.4. The van der Waals surface area contributed by atoms with Crippen LogP contribution in [0.15, 0.2) is 42.5 Å². The van der Waals surface area contributed by atoms with E-state index in [1.807, 2.05) is 6.92 Å². The first-order valence-electron chi connectivity index (χ1n) is 8.32. The fourth-order valence-corrected chi connectivity index (χ4v) is 2.62. The molecule has 1 amide bonds. The van der Waals surface area contributed by atoms with Crippen LogP contribution in [-0.4, -0.2) is 43.5 Å². The third kappa shape index (κ3) is 5.18. The highest BCUT2D eigenvalue weighted by atomic mass is 16.6. The third-order valence-electron chi connectivity index (χ3n) is 4.30. The molecule has 1 N–H and O–H groups in total. The van der Waals surface area contributed by atoms with Gasteiger partial charge in [0.25, 0.3) is 5.69 Å². The van der Waals surface area contributed by atoms with Gasteiger partial charge in [-0.3, -0.25) is 19.8 Å². The number of nitrogens with one attached hydrogen (secondary N) is 1. The molecule has 0 saturated carbocycles. The van der Waals surface area contributed by atoms with Crippen molar-refractivity contribution in [3.63, 3.8) is 0 Å². The average molecular weight is 373 g/mol. The van der Waals surface area contributed by atoms with Gasteiger partial charge in [0.1, 0.15) is 11.5 Å². The van der Waals surface area contributed by atoms with E-state index in [0.29, 0.717) is 17.2 Å². The SMILES string of the molecule is COc1ccc(OC)c(NC(=O)CN(C)[C@@H](C)c2cccc([N+](=O)[O-])c2)c1. The van der Waals surface area contributed by atoms with E-state index in [9.17, 15) is 14.9 Å². The summed E-state index contributed by atoms with van der Waals surface area (Å²) in [5.41, 5.74) is 1.30. The van der Waals surface area contributed by atoms with Crippen LogP contribution in [0.4, 0.5) is 11.4 Å². The molecule has 8 heteroatoms. The summed E-state index contributed by atoms with van der Waals surface area (Å²) in [6, 6.07) is 11.4. The van der Waals surface area contributed by atoms with Crippen LogP contribution < -0.4 is 14.8 Å². The van der Waals surface area contributed by atoms with Crippen LogP contribution in [0, 0.1) is 10.1 Å². The minimum absolute atomic E-state index is 0.0262. The molecule has 2 aromatic carbocycles. The van der Waals surface area contributed by atoms with Gasteiger partial charge in [-0.1, -0.05) is 12.1 Å². The van der Waals surface area contributed by atoms with Crippen molar-refractivity contribution >= 4 is 17.3 Å². The Bertz CT molecular complexity index is 825. The molecule has 0 radical (unpaired) electrons. The lowest BCUT2D eigenvalue weighted by Gasteiger charge is -2.24. The molecule has 144 valence electrons. The maximum absolute atomic E-state index is 12.4. The van der Waals surface area contributed by atoms with Crippen molar-refractivity contribution in [2.24, 2.45) is 0 Å². The van der Waals surface area contributed by atoms with Crippen molar-refractivity contribution in [2.45, 2.75) is 13.0 Å². The lowest BCUT2D eigenvalue weighted by molar-refractivity contribution is -0.384. The number of hydrogen-bond acceptors (Lipinski definition) is 6. The molecule has 0 bridgehead atoms. The van der Waals surface area contributed by atoms with Gasteiger partial charge in [-0.25, -0.2) is 0 Å². The van der Waals surface area contributed by atoms with Gasteiger partial charge in [-0.2, -0.15) is 0 Å². The lowest BCUT2D eigenvalue weighted by atomic mass is 10.1. The molecular formula is C19H23N3O5. The van der Waals surface area contributed by atoms with Crippen molar-refractivity contribution in [3.8, 4) is 11.5 Å². The summed E-state index contributed by atoms with van der Waals surface area (Å²) in [7, 11) is 4.85. The van der Waals surface area contributed by atoms with Gasteiger partial charge in [0, 0.05) is 24.2 Å². The molecule has 0 unspecified atom stereocenters. The monoisotopic (exact) mass is 373 g/mol. The van der Waals surface area contributed by atoms with Crippen LogP contribution in [0.2, 0.25) is 0 Å². The molecule has 0 saturated heterocycles. The van der Waals surface area contributed by atoms with Crippen molar-refractivity contribution in [3.05, 3.63) is 58.1 Å². The topological polar surface area (TPSA) is 93.9 Å².